The molecule has 2 aromatic carbocycles. The first-order chi connectivity index (χ1) is 15.7. The van der Waals surface area contributed by atoms with Crippen molar-refractivity contribution in [3.05, 3.63) is 65.2 Å². The van der Waals surface area contributed by atoms with Crippen molar-refractivity contribution in [2.45, 2.75) is 57.5 Å². The third kappa shape index (κ3) is 5.45. The molecular formula is C25H33N3O4S. The van der Waals surface area contributed by atoms with E-state index in [1.54, 1.807) is 26.0 Å². The summed E-state index contributed by atoms with van der Waals surface area (Å²) in [6.45, 7) is 7.96. The van der Waals surface area contributed by atoms with Gasteiger partial charge in [-0.1, -0.05) is 58.0 Å². The normalized spacial score (nSPS) is 16.5. The third-order valence-corrected chi connectivity index (χ3v) is 8.17. The van der Waals surface area contributed by atoms with E-state index in [4.69, 9.17) is 0 Å². The molecule has 2 aromatic rings. The number of aryl methyl sites for hydroxylation is 1. The van der Waals surface area contributed by atoms with Crippen molar-refractivity contribution < 1.29 is 18.0 Å². The number of fused-ring (bicyclic) bond motifs is 1. The Balaban J connectivity index is 1.75. The molecule has 0 aromatic heterocycles. The lowest BCUT2D eigenvalue weighted by Crippen LogP contribution is -2.50. The maximum atomic E-state index is 13.1. The van der Waals surface area contributed by atoms with E-state index in [1.165, 1.54) is 22.0 Å². The predicted octanol–water partition coefficient (Wildman–Crippen LogP) is 3.28. The molecule has 0 saturated heterocycles. The predicted molar refractivity (Wildman–Crippen MR) is 128 cm³/mol. The number of sulfonamides is 1. The van der Waals surface area contributed by atoms with Crippen LogP contribution >= 0.6 is 0 Å². The molecule has 33 heavy (non-hydrogen) atoms. The van der Waals surface area contributed by atoms with Crippen LogP contribution in [0.4, 0.5) is 0 Å². The SMILES string of the molecule is CCN(CC)S(=O)(=O)c1cccc(C(=O)NC(C(=O)NC2CCc3ccccc32)C(C)C)c1. The second kappa shape index (κ2) is 10.5. The van der Waals surface area contributed by atoms with Gasteiger partial charge in [-0.3, -0.25) is 9.59 Å². The minimum Gasteiger partial charge on any atom is -0.347 e. The first kappa shape index (κ1) is 24.9. The number of carbonyl (C=O) groups excluding carboxylic acids is 2. The van der Waals surface area contributed by atoms with E-state index in [2.05, 4.69) is 16.7 Å². The topological polar surface area (TPSA) is 95.6 Å². The van der Waals surface area contributed by atoms with Gasteiger partial charge in [0.15, 0.2) is 0 Å². The summed E-state index contributed by atoms with van der Waals surface area (Å²) in [6, 6.07) is 13.2. The van der Waals surface area contributed by atoms with E-state index in [-0.39, 0.29) is 28.3 Å². The van der Waals surface area contributed by atoms with Crippen LogP contribution in [0.5, 0.6) is 0 Å². The molecule has 0 heterocycles. The molecule has 178 valence electrons. The van der Waals surface area contributed by atoms with Gasteiger partial charge in [-0.05, 0) is 48.1 Å². The highest BCUT2D eigenvalue weighted by Crippen LogP contribution is 2.30. The number of amides is 2. The maximum Gasteiger partial charge on any atom is 0.251 e. The molecule has 8 heteroatoms. The lowest BCUT2D eigenvalue weighted by Gasteiger charge is -2.24. The quantitative estimate of drug-likeness (QED) is 0.587. The van der Waals surface area contributed by atoms with Crippen LogP contribution in [0.1, 0.15) is 61.6 Å². The summed E-state index contributed by atoms with van der Waals surface area (Å²) in [5, 5.41) is 5.89. The fourth-order valence-electron chi connectivity index (χ4n) is 4.24. The van der Waals surface area contributed by atoms with Gasteiger partial charge in [0.25, 0.3) is 5.91 Å². The Hall–Kier alpha value is -2.71. The Kier molecular flexibility index (Phi) is 7.92. The van der Waals surface area contributed by atoms with Crippen LogP contribution in [0.3, 0.4) is 0 Å². The van der Waals surface area contributed by atoms with E-state index >= 15 is 0 Å². The van der Waals surface area contributed by atoms with Gasteiger partial charge >= 0.3 is 0 Å². The highest BCUT2D eigenvalue weighted by molar-refractivity contribution is 7.89. The monoisotopic (exact) mass is 471 g/mol. The number of hydrogen-bond donors (Lipinski definition) is 2. The Bertz CT molecular complexity index is 1110. The molecule has 7 nitrogen and oxygen atoms in total. The smallest absolute Gasteiger partial charge is 0.251 e. The van der Waals surface area contributed by atoms with Gasteiger partial charge in [0.1, 0.15) is 6.04 Å². The Labute approximate surface area is 196 Å². The Morgan fingerprint density at radius 1 is 1.06 bits per heavy atom. The van der Waals surface area contributed by atoms with Crippen LogP contribution in [-0.4, -0.2) is 43.7 Å². The zero-order valence-electron chi connectivity index (χ0n) is 19.7. The first-order valence-electron chi connectivity index (χ1n) is 11.5. The number of nitrogens with zero attached hydrogens (tertiary/aromatic N) is 1. The summed E-state index contributed by atoms with van der Waals surface area (Å²) in [5.74, 6) is -0.868. The molecule has 1 aliphatic carbocycles. The summed E-state index contributed by atoms with van der Waals surface area (Å²) in [4.78, 5) is 26.1. The van der Waals surface area contributed by atoms with Crippen LogP contribution in [0, 0.1) is 5.92 Å². The molecule has 0 aliphatic heterocycles. The highest BCUT2D eigenvalue weighted by atomic mass is 32.2. The van der Waals surface area contributed by atoms with Gasteiger partial charge in [0.2, 0.25) is 15.9 Å². The summed E-state index contributed by atoms with van der Waals surface area (Å²) in [5.41, 5.74) is 2.56. The van der Waals surface area contributed by atoms with Gasteiger partial charge in [-0.15, -0.1) is 0 Å². The van der Waals surface area contributed by atoms with Crippen molar-refractivity contribution in [3.8, 4) is 0 Å². The number of nitrogens with one attached hydrogen (secondary N) is 2. The molecule has 1 aliphatic rings. The molecule has 2 amide bonds. The lowest BCUT2D eigenvalue weighted by molar-refractivity contribution is -0.124. The number of carbonyl (C=O) groups is 2. The van der Waals surface area contributed by atoms with Crippen LogP contribution in [0.25, 0.3) is 0 Å². The van der Waals surface area contributed by atoms with Gasteiger partial charge < -0.3 is 10.6 Å². The molecular weight excluding hydrogens is 438 g/mol. The van der Waals surface area contributed by atoms with Crippen LogP contribution in [-0.2, 0) is 21.2 Å². The van der Waals surface area contributed by atoms with E-state index in [0.29, 0.717) is 13.1 Å². The second-order valence-corrected chi connectivity index (χ2v) is 10.5. The molecule has 0 saturated carbocycles. The van der Waals surface area contributed by atoms with Crippen molar-refractivity contribution in [1.82, 2.24) is 14.9 Å². The molecule has 0 fully saturated rings. The van der Waals surface area contributed by atoms with Crippen LogP contribution in [0.15, 0.2) is 53.4 Å². The van der Waals surface area contributed by atoms with E-state index in [9.17, 15) is 18.0 Å². The van der Waals surface area contributed by atoms with Crippen molar-refractivity contribution in [3.63, 3.8) is 0 Å². The average molecular weight is 472 g/mol. The van der Waals surface area contributed by atoms with Crippen LogP contribution < -0.4 is 10.6 Å². The molecule has 2 N–H and O–H groups in total. The fourth-order valence-corrected chi connectivity index (χ4v) is 5.74. The molecule has 0 radical (unpaired) electrons. The summed E-state index contributed by atoms with van der Waals surface area (Å²) in [7, 11) is -3.69. The van der Waals surface area contributed by atoms with Crippen molar-refractivity contribution in [2.24, 2.45) is 5.92 Å². The van der Waals surface area contributed by atoms with Crippen molar-refractivity contribution in [1.29, 1.82) is 0 Å². The fraction of sp³-hybridized carbons (Fsp3) is 0.440. The van der Waals surface area contributed by atoms with Crippen molar-refractivity contribution in [2.75, 3.05) is 13.1 Å². The minimum atomic E-state index is -3.69. The standard InChI is InChI=1S/C25H33N3O4S/c1-5-28(6-2)33(31,32)20-12-9-11-19(16-20)24(29)27-23(17(3)4)25(30)26-22-15-14-18-10-7-8-13-21(18)22/h7-13,16-17,22-23H,5-6,14-15H2,1-4H3,(H,26,30)(H,27,29). The van der Waals surface area contributed by atoms with Crippen molar-refractivity contribution >= 4 is 21.8 Å². The van der Waals surface area contributed by atoms with Gasteiger partial charge in [0, 0.05) is 18.7 Å². The molecule has 0 spiro atoms. The second-order valence-electron chi connectivity index (χ2n) is 8.61. The molecule has 2 unspecified atom stereocenters. The highest BCUT2D eigenvalue weighted by Gasteiger charge is 2.30. The minimum absolute atomic E-state index is 0.0620. The van der Waals surface area contributed by atoms with Crippen LogP contribution in [0.2, 0.25) is 0 Å². The van der Waals surface area contributed by atoms with E-state index in [1.807, 2.05) is 32.0 Å². The number of benzene rings is 2. The largest absolute Gasteiger partial charge is 0.347 e. The third-order valence-electron chi connectivity index (χ3n) is 6.12. The Morgan fingerprint density at radius 3 is 2.42 bits per heavy atom. The molecule has 3 rings (SSSR count). The van der Waals surface area contributed by atoms with E-state index < -0.39 is 22.0 Å². The van der Waals surface area contributed by atoms with Gasteiger partial charge in [-0.25, -0.2) is 8.42 Å². The lowest BCUT2D eigenvalue weighted by atomic mass is 10.0. The van der Waals surface area contributed by atoms with Gasteiger partial charge in [-0.2, -0.15) is 4.31 Å². The molecule has 2 atom stereocenters. The zero-order valence-corrected chi connectivity index (χ0v) is 20.5. The summed E-state index contributed by atoms with van der Waals surface area (Å²) >= 11 is 0. The molecule has 0 bridgehead atoms. The summed E-state index contributed by atoms with van der Waals surface area (Å²) in [6.07, 6.45) is 1.74. The maximum absolute atomic E-state index is 13.1. The number of rotatable bonds is 9. The Morgan fingerprint density at radius 2 is 1.76 bits per heavy atom. The van der Waals surface area contributed by atoms with Gasteiger partial charge in [0.05, 0.1) is 10.9 Å². The number of hydrogen-bond acceptors (Lipinski definition) is 4. The summed E-state index contributed by atoms with van der Waals surface area (Å²) < 4.78 is 27.0. The average Bonchev–Trinajstić information content (AvgIpc) is 3.20. The zero-order chi connectivity index (χ0) is 24.2. The first-order valence-corrected chi connectivity index (χ1v) is 12.9. The van der Waals surface area contributed by atoms with E-state index in [0.717, 1.165) is 18.4 Å².